The van der Waals surface area contributed by atoms with Crippen molar-refractivity contribution in [3.63, 3.8) is 0 Å². The van der Waals surface area contributed by atoms with Crippen LogP contribution in [0.5, 0.6) is 0 Å². The van der Waals surface area contributed by atoms with Gasteiger partial charge in [0.1, 0.15) is 18.3 Å². The van der Waals surface area contributed by atoms with Crippen molar-refractivity contribution in [1.29, 1.82) is 0 Å². The maximum atomic E-state index is 12.3. The summed E-state index contributed by atoms with van der Waals surface area (Å²) in [6.07, 6.45) is 0.406. The number of likely N-dealkylation sites (tertiary alicyclic amines) is 1. The smallest absolute Gasteiger partial charge is 0.352 e. The molecule has 118 valence electrons. The molecular weight excluding hydrogens is 292 g/mol. The maximum Gasteiger partial charge on any atom is 0.352 e. The molecule has 3 rings (SSSR count). The van der Waals surface area contributed by atoms with Gasteiger partial charge in [-0.25, -0.2) is 4.79 Å². The molecule has 2 fully saturated rings. The predicted molar refractivity (Wildman–Crippen MR) is 71.2 cm³/mol. The first kappa shape index (κ1) is 14.6. The first-order valence-corrected chi connectivity index (χ1v) is 7.02. The number of nitrogens with zero attached hydrogens (tertiary/aromatic N) is 2. The fraction of sp³-hybridized carbons (Fsp3) is 0.571. The Morgan fingerprint density at radius 2 is 2.00 bits per heavy atom. The molecule has 0 aliphatic carbocycles. The Morgan fingerprint density at radius 1 is 1.32 bits per heavy atom. The van der Waals surface area contributed by atoms with Crippen LogP contribution in [0.15, 0.2) is 11.3 Å². The van der Waals surface area contributed by atoms with Crippen molar-refractivity contribution in [2.24, 2.45) is 5.92 Å². The minimum atomic E-state index is -1.21. The summed E-state index contributed by atoms with van der Waals surface area (Å²) in [6, 6.07) is -0.823. The molecule has 0 aromatic carbocycles. The van der Waals surface area contributed by atoms with Crippen molar-refractivity contribution < 1.29 is 29.0 Å². The molecule has 0 spiro atoms. The third-order valence-corrected chi connectivity index (χ3v) is 4.50. The van der Waals surface area contributed by atoms with Crippen LogP contribution in [-0.2, 0) is 23.9 Å². The summed E-state index contributed by atoms with van der Waals surface area (Å²) in [5, 5.41) is 9.41. The van der Waals surface area contributed by atoms with Crippen molar-refractivity contribution >= 4 is 23.8 Å². The van der Waals surface area contributed by atoms with Crippen molar-refractivity contribution in [3.05, 3.63) is 11.3 Å². The number of hydrogen-bond donors (Lipinski definition) is 1. The summed E-state index contributed by atoms with van der Waals surface area (Å²) in [4.78, 5) is 49.2. The molecule has 3 atom stereocenters. The highest BCUT2D eigenvalue weighted by Crippen LogP contribution is 2.47. The summed E-state index contributed by atoms with van der Waals surface area (Å²) in [5.74, 6) is -2.30. The summed E-state index contributed by atoms with van der Waals surface area (Å²) in [5.41, 5.74) is 0.315. The average Bonchev–Trinajstić information content (AvgIpc) is 2.79. The van der Waals surface area contributed by atoms with E-state index in [0.717, 1.165) is 0 Å². The largest absolute Gasteiger partial charge is 0.477 e. The molecule has 22 heavy (non-hydrogen) atoms. The molecule has 3 aliphatic heterocycles. The molecule has 0 radical (unpaired) electrons. The highest BCUT2D eigenvalue weighted by molar-refractivity contribution is 6.02. The van der Waals surface area contributed by atoms with Crippen molar-refractivity contribution in [2.45, 2.75) is 32.4 Å². The molecule has 0 bridgehead atoms. The Labute approximate surface area is 126 Å². The van der Waals surface area contributed by atoms with E-state index in [1.165, 1.54) is 23.6 Å². The third-order valence-electron chi connectivity index (χ3n) is 4.50. The third kappa shape index (κ3) is 1.90. The van der Waals surface area contributed by atoms with Gasteiger partial charge in [0.05, 0.1) is 6.04 Å². The second kappa shape index (κ2) is 4.82. The molecule has 0 saturated carbocycles. The molecule has 2 amide bonds. The van der Waals surface area contributed by atoms with Gasteiger partial charge in [0.2, 0.25) is 5.91 Å². The van der Waals surface area contributed by atoms with Crippen LogP contribution in [0.4, 0.5) is 0 Å². The van der Waals surface area contributed by atoms with E-state index >= 15 is 0 Å². The Balaban J connectivity index is 1.94. The van der Waals surface area contributed by atoms with Gasteiger partial charge in [-0.1, -0.05) is 0 Å². The summed E-state index contributed by atoms with van der Waals surface area (Å²) < 4.78 is 4.91. The van der Waals surface area contributed by atoms with E-state index in [0.29, 0.717) is 18.5 Å². The lowest BCUT2D eigenvalue weighted by Gasteiger charge is -2.49. The van der Waals surface area contributed by atoms with Gasteiger partial charge in [-0.05, 0) is 12.0 Å². The predicted octanol–water partition coefficient (Wildman–Crippen LogP) is -0.650. The summed E-state index contributed by atoms with van der Waals surface area (Å²) >= 11 is 0. The number of hydrogen-bond acceptors (Lipinski definition) is 5. The van der Waals surface area contributed by atoms with E-state index in [-0.39, 0.29) is 36.1 Å². The van der Waals surface area contributed by atoms with Crippen LogP contribution in [0.2, 0.25) is 0 Å². The monoisotopic (exact) mass is 308 g/mol. The fourth-order valence-electron chi connectivity index (χ4n) is 3.68. The van der Waals surface area contributed by atoms with Gasteiger partial charge < -0.3 is 14.7 Å². The molecule has 0 aromatic heterocycles. The Morgan fingerprint density at radius 3 is 2.55 bits per heavy atom. The van der Waals surface area contributed by atoms with Crippen LogP contribution in [0.3, 0.4) is 0 Å². The van der Waals surface area contributed by atoms with Gasteiger partial charge in [0.25, 0.3) is 5.91 Å². The number of ether oxygens (including phenoxy) is 1. The van der Waals surface area contributed by atoms with E-state index in [1.807, 2.05) is 0 Å². The van der Waals surface area contributed by atoms with Crippen molar-refractivity contribution in [3.8, 4) is 0 Å². The lowest BCUT2D eigenvalue weighted by Crippen LogP contribution is -2.69. The SMILES string of the molecule is CC(=O)OCC1=C(C(=O)O)N2C(=O)[C@@H]3[C@H]2[C@H](C1)CN3C(C)=O. The fourth-order valence-corrected chi connectivity index (χ4v) is 3.68. The summed E-state index contributed by atoms with van der Waals surface area (Å²) in [7, 11) is 0. The number of amides is 2. The lowest BCUT2D eigenvalue weighted by atomic mass is 9.79. The number of β-lactam (4-membered cyclic amide) rings is 1. The van der Waals surface area contributed by atoms with Crippen molar-refractivity contribution in [1.82, 2.24) is 9.80 Å². The molecule has 8 nitrogen and oxygen atoms in total. The van der Waals surface area contributed by atoms with E-state index < -0.39 is 18.0 Å². The molecule has 8 heteroatoms. The lowest BCUT2D eigenvalue weighted by molar-refractivity contribution is -0.160. The minimum absolute atomic E-state index is 0.0136. The van der Waals surface area contributed by atoms with Gasteiger partial charge in [-0.2, -0.15) is 0 Å². The normalized spacial score (nSPS) is 29.2. The first-order chi connectivity index (χ1) is 10.3. The Kier molecular flexibility index (Phi) is 3.19. The van der Waals surface area contributed by atoms with Crippen LogP contribution in [0.25, 0.3) is 0 Å². The van der Waals surface area contributed by atoms with E-state index in [1.54, 1.807) is 0 Å². The molecule has 3 heterocycles. The van der Waals surface area contributed by atoms with Gasteiger partial charge in [0, 0.05) is 26.3 Å². The zero-order valence-corrected chi connectivity index (χ0v) is 12.2. The van der Waals surface area contributed by atoms with Crippen LogP contribution < -0.4 is 0 Å². The number of aliphatic carboxylic acids is 1. The number of carbonyl (C=O) groups excluding carboxylic acids is 3. The van der Waals surface area contributed by atoms with Gasteiger partial charge in [-0.15, -0.1) is 0 Å². The van der Waals surface area contributed by atoms with E-state index in [2.05, 4.69) is 0 Å². The second-order valence-corrected chi connectivity index (χ2v) is 5.82. The topological polar surface area (TPSA) is 104 Å². The number of carboxylic acids is 1. The van der Waals surface area contributed by atoms with E-state index in [4.69, 9.17) is 4.74 Å². The zero-order chi connectivity index (χ0) is 16.2. The molecule has 1 N–H and O–H groups in total. The average molecular weight is 308 g/mol. The highest BCUT2D eigenvalue weighted by atomic mass is 16.5. The van der Waals surface area contributed by atoms with Crippen LogP contribution >= 0.6 is 0 Å². The van der Waals surface area contributed by atoms with Crippen LogP contribution in [0.1, 0.15) is 20.3 Å². The Bertz CT molecular complexity index is 625. The molecular formula is C14H16N2O6. The van der Waals surface area contributed by atoms with Gasteiger partial charge in [0.15, 0.2) is 0 Å². The molecule has 0 unspecified atom stereocenters. The van der Waals surface area contributed by atoms with Crippen LogP contribution in [-0.4, -0.2) is 63.9 Å². The molecule has 2 saturated heterocycles. The van der Waals surface area contributed by atoms with Gasteiger partial charge >= 0.3 is 11.9 Å². The van der Waals surface area contributed by atoms with Gasteiger partial charge in [-0.3, -0.25) is 19.3 Å². The van der Waals surface area contributed by atoms with Crippen molar-refractivity contribution in [2.75, 3.05) is 13.2 Å². The van der Waals surface area contributed by atoms with Crippen LogP contribution in [0, 0.1) is 5.92 Å². The standard InChI is InChI=1S/C14H16N2O6/c1-6(17)15-4-8-3-9(5-22-7(2)18)11(14(20)21)16-10(8)12(15)13(16)19/h8,10,12H,3-5H2,1-2H3,(H,20,21)/t8-,10-,12+/m1/s1. The number of carboxylic acid groups (broad SMARTS) is 1. The zero-order valence-electron chi connectivity index (χ0n) is 12.2. The second-order valence-electron chi connectivity index (χ2n) is 5.82. The molecule has 0 aromatic rings. The van der Waals surface area contributed by atoms with E-state index in [9.17, 15) is 24.3 Å². The quantitative estimate of drug-likeness (QED) is 0.549. The molecule has 3 aliphatic rings. The Hall–Kier alpha value is -2.38. The number of carbonyl (C=O) groups is 4. The highest BCUT2D eigenvalue weighted by Gasteiger charge is 2.63. The first-order valence-electron chi connectivity index (χ1n) is 7.02. The maximum absolute atomic E-state index is 12.3. The number of rotatable bonds is 3. The number of esters is 1. The minimum Gasteiger partial charge on any atom is -0.477 e. The summed E-state index contributed by atoms with van der Waals surface area (Å²) in [6.45, 7) is 2.92.